The average Bonchev–Trinajstić information content (AvgIpc) is 2.32. The van der Waals surface area contributed by atoms with Crippen LogP contribution in [-0.4, -0.2) is 8.42 Å². The Bertz CT molecular complexity index is 651. The maximum Gasteiger partial charge on any atom is 0.182 e. The second-order valence-electron chi connectivity index (χ2n) is 3.91. The van der Waals surface area contributed by atoms with Crippen LogP contribution in [0.1, 0.15) is 5.56 Å². The second kappa shape index (κ2) is 5.00. The normalized spacial score (nSPS) is 11.4. The van der Waals surface area contributed by atoms with E-state index in [2.05, 4.69) is 0 Å². The minimum absolute atomic E-state index is 0.110. The van der Waals surface area contributed by atoms with Gasteiger partial charge in [-0.05, 0) is 35.9 Å². The summed E-state index contributed by atoms with van der Waals surface area (Å²) in [6, 6.07) is 13.0. The smallest absolute Gasteiger partial charge is 0.182 e. The van der Waals surface area contributed by atoms with Crippen LogP contribution >= 0.6 is 11.6 Å². The fourth-order valence-corrected chi connectivity index (χ4v) is 3.11. The van der Waals surface area contributed by atoms with Crippen molar-refractivity contribution in [2.75, 3.05) is 5.73 Å². The fraction of sp³-hybridized carbons (Fsp3) is 0.0769. The van der Waals surface area contributed by atoms with Gasteiger partial charge in [0.1, 0.15) is 0 Å². The number of para-hydroxylation sites is 1. The third-order valence-electron chi connectivity index (χ3n) is 2.57. The van der Waals surface area contributed by atoms with Gasteiger partial charge in [0.2, 0.25) is 0 Å². The van der Waals surface area contributed by atoms with Crippen LogP contribution in [0.15, 0.2) is 53.4 Å². The predicted octanol–water partition coefficient (Wildman–Crippen LogP) is 2.90. The summed E-state index contributed by atoms with van der Waals surface area (Å²) in [5.41, 5.74) is 6.83. The Balaban J connectivity index is 2.33. The van der Waals surface area contributed by atoms with Crippen LogP contribution < -0.4 is 5.73 Å². The average molecular weight is 282 g/mol. The highest BCUT2D eigenvalue weighted by atomic mass is 35.5. The molecule has 2 N–H and O–H groups in total. The summed E-state index contributed by atoms with van der Waals surface area (Å²) in [5, 5.41) is 0.508. The number of sulfone groups is 1. The molecule has 0 unspecified atom stereocenters. The molecular weight excluding hydrogens is 270 g/mol. The number of rotatable bonds is 3. The molecular formula is C13H12ClNO2S. The molecule has 5 heteroatoms. The summed E-state index contributed by atoms with van der Waals surface area (Å²) < 4.78 is 24.3. The van der Waals surface area contributed by atoms with Gasteiger partial charge in [0.15, 0.2) is 9.84 Å². The van der Waals surface area contributed by atoms with Crippen molar-refractivity contribution in [3.63, 3.8) is 0 Å². The van der Waals surface area contributed by atoms with Crippen molar-refractivity contribution in [3.8, 4) is 0 Å². The van der Waals surface area contributed by atoms with Gasteiger partial charge in [0.05, 0.1) is 10.6 Å². The molecule has 3 nitrogen and oxygen atoms in total. The highest BCUT2D eigenvalue weighted by Gasteiger charge is 2.16. The molecule has 2 rings (SSSR count). The quantitative estimate of drug-likeness (QED) is 0.880. The summed E-state index contributed by atoms with van der Waals surface area (Å²) in [6.07, 6.45) is 0. The van der Waals surface area contributed by atoms with Crippen LogP contribution in [-0.2, 0) is 15.6 Å². The predicted molar refractivity (Wildman–Crippen MR) is 73.2 cm³/mol. The lowest BCUT2D eigenvalue weighted by atomic mass is 10.2. The van der Waals surface area contributed by atoms with Gasteiger partial charge in [0.25, 0.3) is 0 Å². The van der Waals surface area contributed by atoms with E-state index in [1.54, 1.807) is 36.4 Å². The summed E-state index contributed by atoms with van der Waals surface area (Å²) in [4.78, 5) is 0.246. The lowest BCUT2D eigenvalue weighted by Gasteiger charge is -2.07. The van der Waals surface area contributed by atoms with E-state index in [1.807, 2.05) is 0 Å². The van der Waals surface area contributed by atoms with Crippen LogP contribution in [0.3, 0.4) is 0 Å². The summed E-state index contributed by atoms with van der Waals surface area (Å²) in [7, 11) is -3.39. The first kappa shape index (κ1) is 12.9. The van der Waals surface area contributed by atoms with Gasteiger partial charge in [-0.15, -0.1) is 0 Å². The highest BCUT2D eigenvalue weighted by molar-refractivity contribution is 7.90. The first-order valence-corrected chi connectivity index (χ1v) is 7.34. The Kier molecular flexibility index (Phi) is 3.59. The van der Waals surface area contributed by atoms with Crippen molar-refractivity contribution >= 4 is 27.1 Å². The molecule has 0 aromatic heterocycles. The van der Waals surface area contributed by atoms with Crippen LogP contribution in [0.4, 0.5) is 5.69 Å². The molecule has 0 atom stereocenters. The Hall–Kier alpha value is -1.52. The van der Waals surface area contributed by atoms with Crippen molar-refractivity contribution in [2.24, 2.45) is 0 Å². The molecule has 0 amide bonds. The second-order valence-corrected chi connectivity index (χ2v) is 6.34. The zero-order valence-electron chi connectivity index (χ0n) is 9.51. The Morgan fingerprint density at radius 2 is 1.61 bits per heavy atom. The lowest BCUT2D eigenvalue weighted by molar-refractivity contribution is 0.595. The molecule has 0 fully saturated rings. The monoisotopic (exact) mass is 281 g/mol. The van der Waals surface area contributed by atoms with Gasteiger partial charge >= 0.3 is 0 Å². The number of hydrogen-bond acceptors (Lipinski definition) is 3. The Morgan fingerprint density at radius 1 is 1.00 bits per heavy atom. The molecule has 0 aliphatic rings. The molecule has 94 valence electrons. The van der Waals surface area contributed by atoms with E-state index < -0.39 is 9.84 Å². The largest absolute Gasteiger partial charge is 0.398 e. The lowest BCUT2D eigenvalue weighted by Crippen LogP contribution is -2.06. The van der Waals surface area contributed by atoms with Crippen LogP contribution in [0.5, 0.6) is 0 Å². The molecule has 0 radical (unpaired) electrons. The van der Waals surface area contributed by atoms with Gasteiger partial charge < -0.3 is 5.73 Å². The van der Waals surface area contributed by atoms with Crippen LogP contribution in [0.25, 0.3) is 0 Å². The first-order valence-electron chi connectivity index (χ1n) is 5.31. The van der Waals surface area contributed by atoms with Crippen molar-refractivity contribution < 1.29 is 8.42 Å². The van der Waals surface area contributed by atoms with Crippen molar-refractivity contribution in [2.45, 2.75) is 10.6 Å². The van der Waals surface area contributed by atoms with Crippen molar-refractivity contribution in [3.05, 3.63) is 59.1 Å². The number of nitrogen functional groups attached to an aromatic ring is 1. The number of benzene rings is 2. The third-order valence-corrected chi connectivity index (χ3v) is 4.51. The van der Waals surface area contributed by atoms with E-state index in [-0.39, 0.29) is 10.6 Å². The van der Waals surface area contributed by atoms with E-state index in [9.17, 15) is 8.42 Å². The number of anilines is 1. The topological polar surface area (TPSA) is 60.2 Å². The highest BCUT2D eigenvalue weighted by Crippen LogP contribution is 2.21. The molecule has 2 aromatic carbocycles. The van der Waals surface area contributed by atoms with E-state index in [0.717, 1.165) is 0 Å². The standard InChI is InChI=1S/C13H12ClNO2S/c14-11-5-7-12(8-6-11)18(16,17)9-10-3-1-2-4-13(10)15/h1-8H,9,15H2. The molecule has 0 saturated heterocycles. The van der Waals surface area contributed by atoms with Gasteiger partial charge in [-0.3, -0.25) is 0 Å². The minimum atomic E-state index is -3.39. The van der Waals surface area contributed by atoms with E-state index in [0.29, 0.717) is 16.3 Å². The zero-order chi connectivity index (χ0) is 13.2. The van der Waals surface area contributed by atoms with E-state index >= 15 is 0 Å². The van der Waals surface area contributed by atoms with Gasteiger partial charge in [0, 0.05) is 10.7 Å². The molecule has 0 aliphatic carbocycles. The zero-order valence-corrected chi connectivity index (χ0v) is 11.1. The number of hydrogen-bond donors (Lipinski definition) is 1. The summed E-state index contributed by atoms with van der Waals surface area (Å²) in [5.74, 6) is -0.110. The Labute approximate surface area is 111 Å². The maximum atomic E-state index is 12.2. The molecule has 0 bridgehead atoms. The molecule has 0 spiro atoms. The molecule has 0 heterocycles. The number of nitrogens with two attached hydrogens (primary N) is 1. The van der Waals surface area contributed by atoms with Crippen LogP contribution in [0.2, 0.25) is 5.02 Å². The van der Waals surface area contributed by atoms with Crippen molar-refractivity contribution in [1.29, 1.82) is 0 Å². The van der Waals surface area contributed by atoms with E-state index in [1.165, 1.54) is 12.1 Å². The molecule has 0 saturated carbocycles. The Morgan fingerprint density at radius 3 is 2.22 bits per heavy atom. The maximum absolute atomic E-state index is 12.2. The van der Waals surface area contributed by atoms with Gasteiger partial charge in [-0.1, -0.05) is 29.8 Å². The fourth-order valence-electron chi connectivity index (χ4n) is 1.60. The molecule has 2 aromatic rings. The van der Waals surface area contributed by atoms with Crippen molar-refractivity contribution in [1.82, 2.24) is 0 Å². The van der Waals surface area contributed by atoms with Gasteiger partial charge in [-0.2, -0.15) is 0 Å². The number of halogens is 1. The van der Waals surface area contributed by atoms with Crippen LogP contribution in [0, 0.1) is 0 Å². The minimum Gasteiger partial charge on any atom is -0.398 e. The van der Waals surface area contributed by atoms with Gasteiger partial charge in [-0.25, -0.2) is 8.42 Å². The molecule has 0 aliphatic heterocycles. The summed E-state index contributed by atoms with van der Waals surface area (Å²) >= 11 is 5.73. The molecule has 18 heavy (non-hydrogen) atoms. The third kappa shape index (κ3) is 2.83. The SMILES string of the molecule is Nc1ccccc1CS(=O)(=O)c1ccc(Cl)cc1. The van der Waals surface area contributed by atoms with E-state index in [4.69, 9.17) is 17.3 Å². The first-order chi connectivity index (χ1) is 8.49. The summed E-state index contributed by atoms with van der Waals surface area (Å²) in [6.45, 7) is 0.